The van der Waals surface area contributed by atoms with Gasteiger partial charge >= 0.3 is 0 Å². The van der Waals surface area contributed by atoms with Gasteiger partial charge in [-0.3, -0.25) is 10.1 Å². The average Bonchev–Trinajstić information content (AvgIpc) is 2.32. The Morgan fingerprint density at radius 3 is 2.76 bits per heavy atom. The number of nitrogens with one attached hydrogen (secondary N) is 1. The maximum Gasteiger partial charge on any atom is 0.278 e. The molecule has 0 aliphatic heterocycles. The van der Waals surface area contributed by atoms with E-state index in [1.807, 2.05) is 6.07 Å². The van der Waals surface area contributed by atoms with Crippen LogP contribution < -0.4 is 5.32 Å². The van der Waals surface area contributed by atoms with Crippen LogP contribution in [0.1, 0.15) is 5.69 Å². The molecule has 17 heavy (non-hydrogen) atoms. The van der Waals surface area contributed by atoms with Crippen molar-refractivity contribution in [2.75, 3.05) is 12.4 Å². The molecule has 2 aromatic rings. The van der Waals surface area contributed by atoms with Gasteiger partial charge in [-0.1, -0.05) is 12.1 Å². The molecular weight excluding hydrogens is 286 g/mol. The van der Waals surface area contributed by atoms with Crippen molar-refractivity contribution in [3.63, 3.8) is 0 Å². The molecule has 0 amide bonds. The fraction of sp³-hybridized carbons (Fsp3) is 0.182. The van der Waals surface area contributed by atoms with Crippen molar-refractivity contribution in [3.05, 3.63) is 38.5 Å². The minimum atomic E-state index is -0.383. The Morgan fingerprint density at radius 1 is 1.47 bits per heavy atom. The zero-order valence-electron chi connectivity index (χ0n) is 9.32. The molecule has 0 aliphatic rings. The number of nitrogens with zero attached hydrogens (tertiary/aromatic N) is 2. The number of anilines is 1. The van der Waals surface area contributed by atoms with Gasteiger partial charge in [-0.05, 0) is 22.9 Å². The number of rotatable bonds is 2. The van der Waals surface area contributed by atoms with E-state index in [2.05, 4.69) is 26.2 Å². The molecule has 6 heteroatoms. The highest BCUT2D eigenvalue weighted by Crippen LogP contribution is 2.36. The van der Waals surface area contributed by atoms with Gasteiger partial charge in [-0.25, -0.2) is 4.98 Å². The minimum absolute atomic E-state index is 0.0800. The number of fused-ring (bicyclic) bond motifs is 1. The molecule has 0 radical (unpaired) electrons. The Bertz CT molecular complexity index is 613. The molecule has 88 valence electrons. The number of benzene rings is 1. The molecule has 0 fully saturated rings. The number of nitro benzene ring substituents is 1. The summed E-state index contributed by atoms with van der Waals surface area (Å²) >= 11 is 3.37. The molecule has 0 atom stereocenters. The van der Waals surface area contributed by atoms with Crippen LogP contribution in [0.25, 0.3) is 10.8 Å². The Kier molecular flexibility index (Phi) is 2.97. The molecule has 0 aliphatic carbocycles. The number of aryl methyl sites for hydroxylation is 1. The van der Waals surface area contributed by atoms with Crippen molar-refractivity contribution in [3.8, 4) is 0 Å². The molecule has 0 spiro atoms. The van der Waals surface area contributed by atoms with Gasteiger partial charge in [0.15, 0.2) is 0 Å². The molecule has 1 N–H and O–H groups in total. The lowest BCUT2D eigenvalue weighted by Gasteiger charge is -2.09. The Labute approximate surface area is 106 Å². The van der Waals surface area contributed by atoms with E-state index in [1.54, 1.807) is 20.0 Å². The van der Waals surface area contributed by atoms with Crippen molar-refractivity contribution in [2.45, 2.75) is 6.92 Å². The smallest absolute Gasteiger partial charge is 0.278 e. The highest BCUT2D eigenvalue weighted by Gasteiger charge is 2.18. The quantitative estimate of drug-likeness (QED) is 0.682. The summed E-state index contributed by atoms with van der Waals surface area (Å²) in [5.74, 6) is 0.643. The summed E-state index contributed by atoms with van der Waals surface area (Å²) in [6.07, 6.45) is 0. The lowest BCUT2D eigenvalue weighted by Crippen LogP contribution is -1.99. The van der Waals surface area contributed by atoms with Gasteiger partial charge in [-0.2, -0.15) is 0 Å². The van der Waals surface area contributed by atoms with Gasteiger partial charge < -0.3 is 5.32 Å². The molecule has 0 bridgehead atoms. The minimum Gasteiger partial charge on any atom is -0.373 e. The summed E-state index contributed by atoms with van der Waals surface area (Å²) in [6.45, 7) is 1.81. The normalized spacial score (nSPS) is 10.5. The number of hydrogen-bond donors (Lipinski definition) is 1. The Hall–Kier alpha value is -1.69. The first-order valence-corrected chi connectivity index (χ1v) is 5.76. The predicted molar refractivity (Wildman–Crippen MR) is 70.4 cm³/mol. The highest BCUT2D eigenvalue weighted by molar-refractivity contribution is 9.10. The molecule has 1 aromatic heterocycles. The summed E-state index contributed by atoms with van der Waals surface area (Å²) in [5, 5.41) is 15.3. The average molecular weight is 296 g/mol. The van der Waals surface area contributed by atoms with Gasteiger partial charge in [0.2, 0.25) is 0 Å². The van der Waals surface area contributed by atoms with E-state index in [-0.39, 0.29) is 10.6 Å². The predicted octanol–water partition coefficient (Wildman–Crippen LogP) is 3.26. The van der Waals surface area contributed by atoms with Crippen molar-refractivity contribution in [1.82, 2.24) is 4.98 Å². The van der Waals surface area contributed by atoms with Gasteiger partial charge in [0.05, 0.1) is 20.5 Å². The van der Waals surface area contributed by atoms with Gasteiger partial charge in [0, 0.05) is 18.5 Å². The second kappa shape index (κ2) is 4.29. The molecule has 0 saturated heterocycles. The topological polar surface area (TPSA) is 68.1 Å². The van der Waals surface area contributed by atoms with E-state index < -0.39 is 0 Å². The molecule has 1 aromatic carbocycles. The first-order valence-electron chi connectivity index (χ1n) is 4.97. The SMILES string of the molecule is CNc1nc(C)c(Br)c2c([N+](=O)[O-])cccc12. The molecule has 0 saturated carbocycles. The fourth-order valence-electron chi connectivity index (χ4n) is 1.77. The van der Waals surface area contributed by atoms with E-state index >= 15 is 0 Å². The molecule has 1 heterocycles. The number of pyridine rings is 1. The van der Waals surface area contributed by atoms with Crippen LogP contribution in [0.4, 0.5) is 11.5 Å². The number of aromatic nitrogens is 1. The zero-order valence-corrected chi connectivity index (χ0v) is 10.9. The first kappa shape index (κ1) is 11.8. The van der Waals surface area contributed by atoms with Crippen molar-refractivity contribution in [2.24, 2.45) is 0 Å². The third-order valence-corrected chi connectivity index (χ3v) is 3.52. The number of hydrogen-bond acceptors (Lipinski definition) is 4. The third kappa shape index (κ3) is 1.84. The summed E-state index contributed by atoms with van der Waals surface area (Å²) in [4.78, 5) is 15.0. The second-order valence-corrected chi connectivity index (χ2v) is 4.36. The maximum absolute atomic E-state index is 11.0. The largest absolute Gasteiger partial charge is 0.373 e. The molecule has 2 rings (SSSR count). The lowest BCUT2D eigenvalue weighted by atomic mass is 10.1. The van der Waals surface area contributed by atoms with Crippen LogP contribution in [0.3, 0.4) is 0 Å². The highest BCUT2D eigenvalue weighted by atomic mass is 79.9. The van der Waals surface area contributed by atoms with Crippen LogP contribution in [-0.2, 0) is 0 Å². The van der Waals surface area contributed by atoms with Gasteiger partial charge in [0.25, 0.3) is 5.69 Å². The number of halogens is 1. The third-order valence-electron chi connectivity index (χ3n) is 2.55. The van der Waals surface area contributed by atoms with Gasteiger partial charge in [0.1, 0.15) is 5.82 Å². The number of non-ortho nitro benzene ring substituents is 1. The standard InChI is InChI=1S/C11H10BrN3O2/c1-6-10(12)9-7(11(13-2)14-6)4-3-5-8(9)15(16)17/h3-5H,1-2H3,(H,13,14). The van der Waals surface area contributed by atoms with Gasteiger partial charge in [-0.15, -0.1) is 0 Å². The van der Waals surface area contributed by atoms with Crippen LogP contribution in [0.2, 0.25) is 0 Å². The Morgan fingerprint density at radius 2 is 2.18 bits per heavy atom. The summed E-state index contributed by atoms with van der Waals surface area (Å²) < 4.78 is 0.666. The van der Waals surface area contributed by atoms with E-state index in [0.29, 0.717) is 15.7 Å². The zero-order chi connectivity index (χ0) is 12.6. The van der Waals surface area contributed by atoms with Crippen LogP contribution in [0, 0.1) is 17.0 Å². The second-order valence-electron chi connectivity index (χ2n) is 3.57. The summed E-state index contributed by atoms with van der Waals surface area (Å²) in [6, 6.07) is 4.96. The molecule has 0 unspecified atom stereocenters. The summed E-state index contributed by atoms with van der Waals surface area (Å²) in [5.41, 5.74) is 0.799. The molecular formula is C11H10BrN3O2. The van der Waals surface area contributed by atoms with Crippen LogP contribution in [0.15, 0.2) is 22.7 Å². The Balaban J connectivity index is 2.98. The fourth-order valence-corrected chi connectivity index (χ4v) is 2.27. The van der Waals surface area contributed by atoms with Crippen molar-refractivity contribution >= 4 is 38.2 Å². The maximum atomic E-state index is 11.0. The number of nitro groups is 1. The monoisotopic (exact) mass is 295 g/mol. The van der Waals surface area contributed by atoms with Crippen molar-refractivity contribution in [1.29, 1.82) is 0 Å². The van der Waals surface area contributed by atoms with Crippen LogP contribution in [-0.4, -0.2) is 17.0 Å². The van der Waals surface area contributed by atoms with E-state index in [9.17, 15) is 10.1 Å². The van der Waals surface area contributed by atoms with Crippen LogP contribution in [0.5, 0.6) is 0 Å². The van der Waals surface area contributed by atoms with E-state index in [1.165, 1.54) is 6.07 Å². The lowest BCUT2D eigenvalue weighted by molar-refractivity contribution is -0.383. The van der Waals surface area contributed by atoms with Crippen molar-refractivity contribution < 1.29 is 4.92 Å². The van der Waals surface area contributed by atoms with E-state index in [0.717, 1.165) is 11.1 Å². The van der Waals surface area contributed by atoms with Crippen LogP contribution >= 0.6 is 15.9 Å². The summed E-state index contributed by atoms with van der Waals surface area (Å²) in [7, 11) is 1.74. The first-order chi connectivity index (χ1) is 8.06. The molecule has 5 nitrogen and oxygen atoms in total. The van der Waals surface area contributed by atoms with E-state index in [4.69, 9.17) is 0 Å².